The van der Waals surface area contributed by atoms with E-state index in [9.17, 15) is 9.59 Å². The summed E-state index contributed by atoms with van der Waals surface area (Å²) in [6.45, 7) is 0. The smallest absolute Gasteiger partial charge is 0.199 e. The van der Waals surface area contributed by atoms with E-state index in [0.29, 0.717) is 22.8 Å². The fourth-order valence-corrected chi connectivity index (χ4v) is 3.09. The maximum absolute atomic E-state index is 13.1. The minimum absolute atomic E-state index is 0.0171. The van der Waals surface area contributed by atoms with Crippen LogP contribution in [0.15, 0.2) is 36.6 Å². The van der Waals surface area contributed by atoms with E-state index < -0.39 is 0 Å². The van der Waals surface area contributed by atoms with E-state index in [-0.39, 0.29) is 23.1 Å². The Hall–Kier alpha value is -2.48. The summed E-state index contributed by atoms with van der Waals surface area (Å²) in [5.74, 6) is 0.805. The van der Waals surface area contributed by atoms with Crippen molar-refractivity contribution < 1.29 is 9.59 Å². The zero-order valence-electron chi connectivity index (χ0n) is 15.0. The maximum atomic E-state index is 13.1. The normalized spacial score (nSPS) is 14.3. The number of ketones is 2. The van der Waals surface area contributed by atoms with Crippen LogP contribution in [0, 0.1) is 5.92 Å². The highest BCUT2D eigenvalue weighted by atomic mass is 32.2. The van der Waals surface area contributed by atoms with Crippen LogP contribution in [-0.2, 0) is 10.5 Å². The highest BCUT2D eigenvalue weighted by Gasteiger charge is 2.35. The molecule has 136 valence electrons. The zero-order valence-corrected chi connectivity index (χ0v) is 15.9. The molecule has 2 aromatic heterocycles. The van der Waals surface area contributed by atoms with Crippen molar-refractivity contribution in [2.45, 2.75) is 18.6 Å². The Morgan fingerprint density at radius 3 is 2.69 bits per heavy atom. The quantitative estimate of drug-likeness (QED) is 0.304. The average molecular weight is 371 g/mol. The van der Waals surface area contributed by atoms with Gasteiger partial charge in [-0.05, 0) is 31.2 Å². The van der Waals surface area contributed by atoms with Gasteiger partial charge in [-0.15, -0.1) is 0 Å². The molecule has 0 bridgehead atoms. The minimum atomic E-state index is -0.266. The van der Waals surface area contributed by atoms with E-state index in [4.69, 9.17) is 0 Å². The molecular formula is C18H21N5O2S. The highest BCUT2D eigenvalue weighted by molar-refractivity contribution is 7.97. The lowest BCUT2D eigenvalue weighted by atomic mass is 9.97. The van der Waals surface area contributed by atoms with Crippen molar-refractivity contribution in [3.63, 3.8) is 0 Å². The molecule has 0 spiro atoms. The van der Waals surface area contributed by atoms with Crippen molar-refractivity contribution in [1.29, 1.82) is 0 Å². The van der Waals surface area contributed by atoms with Gasteiger partial charge in [-0.2, -0.15) is 16.9 Å². The summed E-state index contributed by atoms with van der Waals surface area (Å²) in [5, 5.41) is 4.08. The third kappa shape index (κ3) is 4.01. The summed E-state index contributed by atoms with van der Waals surface area (Å²) in [6, 6.07) is 3.45. The first kappa shape index (κ1) is 18.3. The number of Topliss-reactive ketones (excluding diaryl/α,β-unsaturated/α-hetero) is 2. The van der Waals surface area contributed by atoms with E-state index in [1.54, 1.807) is 46.0 Å². The molecule has 0 amide bonds. The number of nitrogens with zero attached hydrogens (tertiary/aromatic N) is 5. The Bertz CT molecular complexity index is 841. The van der Waals surface area contributed by atoms with Crippen molar-refractivity contribution >= 4 is 23.3 Å². The molecule has 0 atom stereocenters. The number of allylic oxidation sites excluding steroid dienone is 1. The molecule has 0 N–H and O–H groups in total. The molecule has 0 aliphatic heterocycles. The molecule has 0 unspecified atom stereocenters. The highest BCUT2D eigenvalue weighted by Crippen LogP contribution is 2.33. The van der Waals surface area contributed by atoms with Gasteiger partial charge in [0.15, 0.2) is 17.4 Å². The van der Waals surface area contributed by atoms with E-state index in [2.05, 4.69) is 15.1 Å². The van der Waals surface area contributed by atoms with E-state index in [0.717, 1.165) is 12.8 Å². The summed E-state index contributed by atoms with van der Waals surface area (Å²) in [7, 11) is 3.62. The minimum Gasteiger partial charge on any atom is -0.383 e. The SMILES string of the molecule is CSCc1nc(-n2cncn2)ccc1C(=O)/C(=C\N(C)C)C(=O)C1CC1. The van der Waals surface area contributed by atoms with Crippen molar-refractivity contribution in [1.82, 2.24) is 24.6 Å². The molecule has 1 aliphatic carbocycles. The summed E-state index contributed by atoms with van der Waals surface area (Å²) < 4.78 is 1.55. The molecular weight excluding hydrogens is 350 g/mol. The van der Waals surface area contributed by atoms with Gasteiger partial charge in [-0.3, -0.25) is 9.59 Å². The lowest BCUT2D eigenvalue weighted by Crippen LogP contribution is -2.20. The van der Waals surface area contributed by atoms with Gasteiger partial charge < -0.3 is 4.90 Å². The first-order chi connectivity index (χ1) is 12.5. The molecule has 3 rings (SSSR count). The Labute approximate surface area is 156 Å². The maximum Gasteiger partial charge on any atom is 0.199 e. The van der Waals surface area contributed by atoms with Gasteiger partial charge in [0, 0.05) is 37.5 Å². The lowest BCUT2D eigenvalue weighted by molar-refractivity contribution is -0.116. The molecule has 1 fully saturated rings. The van der Waals surface area contributed by atoms with Crippen LogP contribution in [0.5, 0.6) is 0 Å². The Morgan fingerprint density at radius 2 is 2.12 bits per heavy atom. The van der Waals surface area contributed by atoms with Crippen LogP contribution in [0.4, 0.5) is 0 Å². The summed E-state index contributed by atoms with van der Waals surface area (Å²) in [4.78, 5) is 36.0. The third-order valence-corrected chi connectivity index (χ3v) is 4.55. The molecule has 0 aromatic carbocycles. The summed E-state index contributed by atoms with van der Waals surface area (Å²) in [6.07, 6.45) is 8.28. The molecule has 8 heteroatoms. The predicted octanol–water partition coefficient (Wildman–Crippen LogP) is 2.13. The Balaban J connectivity index is 2.00. The van der Waals surface area contributed by atoms with Crippen LogP contribution < -0.4 is 0 Å². The number of thioether (sulfide) groups is 1. The summed E-state index contributed by atoms with van der Waals surface area (Å²) in [5.41, 5.74) is 1.34. The van der Waals surface area contributed by atoms with E-state index >= 15 is 0 Å². The number of rotatable bonds is 8. The number of hydrogen-bond acceptors (Lipinski definition) is 7. The Morgan fingerprint density at radius 1 is 1.35 bits per heavy atom. The first-order valence-corrected chi connectivity index (χ1v) is 9.71. The Kier molecular flexibility index (Phi) is 5.51. The fraction of sp³-hybridized carbons (Fsp3) is 0.389. The molecule has 0 radical (unpaired) electrons. The second kappa shape index (κ2) is 7.82. The standard InChI is InChI=1S/C18H21N5O2S/c1-22(2)8-14(17(24)12-4-5-12)18(25)13-6-7-16(21-15(13)9-26-3)23-11-19-10-20-23/h6-8,10-12H,4-5,9H2,1-3H3/b14-8-. The molecule has 2 aromatic rings. The monoisotopic (exact) mass is 371 g/mol. The lowest BCUT2D eigenvalue weighted by Gasteiger charge is -2.13. The molecule has 1 aliphatic rings. The number of pyridine rings is 1. The summed E-state index contributed by atoms with van der Waals surface area (Å²) >= 11 is 1.57. The molecule has 1 saturated carbocycles. The zero-order chi connectivity index (χ0) is 18.7. The van der Waals surface area contributed by atoms with Gasteiger partial charge in [-0.25, -0.2) is 14.6 Å². The molecule has 0 saturated heterocycles. The fourth-order valence-electron chi connectivity index (χ4n) is 2.60. The molecule has 2 heterocycles. The third-order valence-electron chi connectivity index (χ3n) is 3.98. The largest absolute Gasteiger partial charge is 0.383 e. The number of hydrogen-bond donors (Lipinski definition) is 0. The number of carbonyl (C=O) groups is 2. The van der Waals surface area contributed by atoms with Gasteiger partial charge in [0.05, 0.1) is 11.3 Å². The molecule has 7 nitrogen and oxygen atoms in total. The topological polar surface area (TPSA) is 81.0 Å². The van der Waals surface area contributed by atoms with Gasteiger partial charge in [0.1, 0.15) is 12.7 Å². The van der Waals surface area contributed by atoms with Crippen molar-refractivity contribution in [3.05, 3.63) is 47.8 Å². The van der Waals surface area contributed by atoms with E-state index in [1.165, 1.54) is 6.33 Å². The predicted molar refractivity (Wildman–Crippen MR) is 100 cm³/mol. The number of aromatic nitrogens is 4. The van der Waals surface area contributed by atoms with E-state index in [1.807, 2.05) is 20.4 Å². The van der Waals surface area contributed by atoms with Crippen LogP contribution in [0.2, 0.25) is 0 Å². The van der Waals surface area contributed by atoms with Gasteiger partial charge in [-0.1, -0.05) is 0 Å². The second-order valence-electron chi connectivity index (χ2n) is 6.41. The van der Waals surface area contributed by atoms with Gasteiger partial charge in [0.25, 0.3) is 0 Å². The first-order valence-electron chi connectivity index (χ1n) is 8.32. The van der Waals surface area contributed by atoms with Crippen LogP contribution >= 0.6 is 11.8 Å². The number of carbonyl (C=O) groups excluding carboxylic acids is 2. The van der Waals surface area contributed by atoms with Crippen LogP contribution in [0.25, 0.3) is 5.82 Å². The van der Waals surface area contributed by atoms with Gasteiger partial charge >= 0.3 is 0 Å². The van der Waals surface area contributed by atoms with Crippen molar-refractivity contribution in [2.24, 2.45) is 5.92 Å². The average Bonchev–Trinajstić information content (AvgIpc) is 3.33. The van der Waals surface area contributed by atoms with Gasteiger partial charge in [0.2, 0.25) is 0 Å². The molecule has 26 heavy (non-hydrogen) atoms. The van der Waals surface area contributed by atoms with Crippen molar-refractivity contribution in [3.8, 4) is 5.82 Å². The van der Waals surface area contributed by atoms with Crippen LogP contribution in [0.3, 0.4) is 0 Å². The van der Waals surface area contributed by atoms with Crippen LogP contribution in [-0.4, -0.2) is 56.6 Å². The second-order valence-corrected chi connectivity index (χ2v) is 7.28. The van der Waals surface area contributed by atoms with Crippen LogP contribution in [0.1, 0.15) is 28.9 Å². The van der Waals surface area contributed by atoms with Crippen molar-refractivity contribution in [2.75, 3.05) is 20.4 Å².